The van der Waals surface area contributed by atoms with Crippen LogP contribution in [0.4, 0.5) is 0 Å². The van der Waals surface area contributed by atoms with Crippen LogP contribution in [0, 0.1) is 0 Å². The lowest BCUT2D eigenvalue weighted by Crippen LogP contribution is -2.05. The van der Waals surface area contributed by atoms with Crippen molar-refractivity contribution < 1.29 is 9.47 Å². The van der Waals surface area contributed by atoms with Crippen LogP contribution in [0.25, 0.3) is 11.1 Å². The summed E-state index contributed by atoms with van der Waals surface area (Å²) < 4.78 is 11.4. The lowest BCUT2D eigenvalue weighted by molar-refractivity contribution is 0.242. The summed E-state index contributed by atoms with van der Waals surface area (Å²) in [4.78, 5) is 0. The largest absolute Gasteiger partial charge is 0.494 e. The van der Waals surface area contributed by atoms with Crippen molar-refractivity contribution >= 4 is 0 Å². The van der Waals surface area contributed by atoms with E-state index in [0.717, 1.165) is 30.9 Å². The van der Waals surface area contributed by atoms with Gasteiger partial charge in [0.15, 0.2) is 0 Å². The number of hydrogen-bond donors (Lipinski definition) is 0. The molecular weight excluding hydrogens is 260 g/mol. The minimum atomic E-state index is 0.200. The first kappa shape index (κ1) is 15.4. The van der Waals surface area contributed by atoms with Crippen molar-refractivity contribution in [2.24, 2.45) is 0 Å². The van der Waals surface area contributed by atoms with Crippen LogP contribution >= 0.6 is 0 Å². The van der Waals surface area contributed by atoms with E-state index in [4.69, 9.17) is 9.47 Å². The molecule has 0 fully saturated rings. The molecule has 0 radical (unpaired) electrons. The SMILES string of the molecule is CCCCOc1cccc(-c2ccc(OC(C)C)cc2)c1. The first-order chi connectivity index (χ1) is 10.2. The van der Waals surface area contributed by atoms with Gasteiger partial charge in [0.2, 0.25) is 0 Å². The van der Waals surface area contributed by atoms with E-state index in [9.17, 15) is 0 Å². The molecular formula is C19H24O2. The van der Waals surface area contributed by atoms with Gasteiger partial charge in [0.1, 0.15) is 11.5 Å². The highest BCUT2D eigenvalue weighted by atomic mass is 16.5. The van der Waals surface area contributed by atoms with Crippen LogP contribution in [-0.2, 0) is 0 Å². The van der Waals surface area contributed by atoms with Crippen molar-refractivity contribution in [1.29, 1.82) is 0 Å². The third-order valence-corrected chi connectivity index (χ3v) is 3.16. The fourth-order valence-electron chi connectivity index (χ4n) is 2.10. The summed E-state index contributed by atoms with van der Waals surface area (Å²) in [7, 11) is 0. The molecule has 2 nitrogen and oxygen atoms in total. The molecule has 0 unspecified atom stereocenters. The molecule has 0 aliphatic rings. The minimum Gasteiger partial charge on any atom is -0.494 e. The summed E-state index contributed by atoms with van der Waals surface area (Å²) >= 11 is 0. The Hall–Kier alpha value is -1.96. The zero-order valence-electron chi connectivity index (χ0n) is 13.1. The van der Waals surface area contributed by atoms with Crippen LogP contribution in [-0.4, -0.2) is 12.7 Å². The van der Waals surface area contributed by atoms with Crippen LogP contribution in [0.2, 0.25) is 0 Å². The monoisotopic (exact) mass is 284 g/mol. The van der Waals surface area contributed by atoms with Gasteiger partial charge in [-0.2, -0.15) is 0 Å². The maximum absolute atomic E-state index is 5.76. The molecule has 0 aromatic heterocycles. The number of unbranched alkanes of at least 4 members (excludes halogenated alkanes) is 1. The zero-order chi connectivity index (χ0) is 15.1. The summed E-state index contributed by atoms with van der Waals surface area (Å²) in [5.41, 5.74) is 2.34. The Morgan fingerprint density at radius 1 is 0.905 bits per heavy atom. The van der Waals surface area contributed by atoms with E-state index in [2.05, 4.69) is 31.2 Å². The van der Waals surface area contributed by atoms with E-state index in [1.807, 2.05) is 38.1 Å². The molecule has 21 heavy (non-hydrogen) atoms. The van der Waals surface area contributed by atoms with Gasteiger partial charge in [-0.25, -0.2) is 0 Å². The Balaban J connectivity index is 2.08. The van der Waals surface area contributed by atoms with Crippen LogP contribution < -0.4 is 9.47 Å². The fourth-order valence-corrected chi connectivity index (χ4v) is 2.10. The molecule has 2 aromatic carbocycles. The standard InChI is InChI=1S/C19H24O2/c1-4-5-13-20-19-8-6-7-17(14-19)16-9-11-18(12-10-16)21-15(2)3/h6-12,14-15H,4-5,13H2,1-3H3. The van der Waals surface area contributed by atoms with Gasteiger partial charge in [-0.15, -0.1) is 0 Å². The summed E-state index contributed by atoms with van der Waals surface area (Å²) in [6, 6.07) is 16.4. The van der Waals surface area contributed by atoms with Gasteiger partial charge in [-0.1, -0.05) is 37.6 Å². The van der Waals surface area contributed by atoms with Gasteiger partial charge in [-0.05, 0) is 55.7 Å². The lowest BCUT2D eigenvalue weighted by Gasteiger charge is -2.11. The molecule has 0 saturated heterocycles. The lowest BCUT2D eigenvalue weighted by atomic mass is 10.1. The number of benzene rings is 2. The molecule has 0 spiro atoms. The summed E-state index contributed by atoms with van der Waals surface area (Å²) in [6.07, 6.45) is 2.44. The Labute approximate surface area is 127 Å². The van der Waals surface area contributed by atoms with E-state index in [1.165, 1.54) is 11.1 Å². The molecule has 2 rings (SSSR count). The topological polar surface area (TPSA) is 18.5 Å². The predicted molar refractivity (Wildman–Crippen MR) is 88.0 cm³/mol. The third-order valence-electron chi connectivity index (χ3n) is 3.16. The number of ether oxygens (including phenoxy) is 2. The maximum Gasteiger partial charge on any atom is 0.119 e. The van der Waals surface area contributed by atoms with Crippen molar-refractivity contribution in [2.45, 2.75) is 39.7 Å². The molecule has 0 aliphatic carbocycles. The van der Waals surface area contributed by atoms with E-state index in [0.29, 0.717) is 0 Å². The molecule has 0 aliphatic heterocycles. The van der Waals surface area contributed by atoms with Gasteiger partial charge in [0, 0.05) is 0 Å². The molecule has 0 amide bonds. The predicted octanol–water partition coefficient (Wildman–Crippen LogP) is 5.32. The van der Waals surface area contributed by atoms with Crippen molar-refractivity contribution in [3.63, 3.8) is 0 Å². The molecule has 0 saturated carbocycles. The Morgan fingerprint density at radius 2 is 1.67 bits per heavy atom. The smallest absolute Gasteiger partial charge is 0.119 e. The fraction of sp³-hybridized carbons (Fsp3) is 0.368. The normalized spacial score (nSPS) is 10.7. The molecule has 2 aromatic rings. The van der Waals surface area contributed by atoms with Crippen LogP contribution in [0.15, 0.2) is 48.5 Å². The van der Waals surface area contributed by atoms with Crippen molar-refractivity contribution in [3.05, 3.63) is 48.5 Å². The van der Waals surface area contributed by atoms with E-state index in [1.54, 1.807) is 0 Å². The van der Waals surface area contributed by atoms with Gasteiger partial charge >= 0.3 is 0 Å². The summed E-state index contributed by atoms with van der Waals surface area (Å²) in [6.45, 7) is 7.01. The van der Waals surface area contributed by atoms with Gasteiger partial charge < -0.3 is 9.47 Å². The third kappa shape index (κ3) is 4.82. The van der Waals surface area contributed by atoms with Crippen molar-refractivity contribution in [2.75, 3.05) is 6.61 Å². The van der Waals surface area contributed by atoms with Crippen LogP contribution in [0.1, 0.15) is 33.6 Å². The molecule has 0 heterocycles. The summed E-state index contributed by atoms with van der Waals surface area (Å²) in [5.74, 6) is 1.84. The van der Waals surface area contributed by atoms with E-state index < -0.39 is 0 Å². The first-order valence-corrected chi connectivity index (χ1v) is 7.69. The second-order valence-corrected chi connectivity index (χ2v) is 5.42. The molecule has 0 N–H and O–H groups in total. The first-order valence-electron chi connectivity index (χ1n) is 7.69. The highest BCUT2D eigenvalue weighted by molar-refractivity contribution is 5.65. The zero-order valence-corrected chi connectivity index (χ0v) is 13.1. The number of rotatable bonds is 7. The molecule has 0 bridgehead atoms. The van der Waals surface area contributed by atoms with Gasteiger partial charge in [0.05, 0.1) is 12.7 Å². The second kappa shape index (κ2) is 7.72. The van der Waals surface area contributed by atoms with Crippen molar-refractivity contribution in [3.8, 4) is 22.6 Å². The van der Waals surface area contributed by atoms with Crippen molar-refractivity contribution in [1.82, 2.24) is 0 Å². The number of hydrogen-bond acceptors (Lipinski definition) is 2. The average molecular weight is 284 g/mol. The maximum atomic E-state index is 5.76. The molecule has 2 heteroatoms. The Bertz CT molecular complexity index is 544. The van der Waals surface area contributed by atoms with Gasteiger partial charge in [-0.3, -0.25) is 0 Å². The molecule has 0 atom stereocenters. The van der Waals surface area contributed by atoms with Crippen LogP contribution in [0.3, 0.4) is 0 Å². The van der Waals surface area contributed by atoms with Crippen LogP contribution in [0.5, 0.6) is 11.5 Å². The second-order valence-electron chi connectivity index (χ2n) is 5.42. The van der Waals surface area contributed by atoms with E-state index in [-0.39, 0.29) is 6.10 Å². The Morgan fingerprint density at radius 3 is 2.33 bits per heavy atom. The summed E-state index contributed by atoms with van der Waals surface area (Å²) in [5, 5.41) is 0. The highest BCUT2D eigenvalue weighted by Crippen LogP contribution is 2.26. The average Bonchev–Trinajstić information content (AvgIpc) is 2.48. The quantitative estimate of drug-likeness (QED) is 0.641. The highest BCUT2D eigenvalue weighted by Gasteiger charge is 2.02. The minimum absolute atomic E-state index is 0.200. The Kier molecular flexibility index (Phi) is 5.68. The molecule has 112 valence electrons. The van der Waals surface area contributed by atoms with E-state index >= 15 is 0 Å². The van der Waals surface area contributed by atoms with Gasteiger partial charge in [0.25, 0.3) is 0 Å².